The van der Waals surface area contributed by atoms with E-state index >= 15 is 0 Å². The molecule has 0 atom stereocenters. The molecule has 2 aromatic carbocycles. The first-order chi connectivity index (χ1) is 8.59. The van der Waals surface area contributed by atoms with E-state index in [4.69, 9.17) is 11.6 Å². The summed E-state index contributed by atoms with van der Waals surface area (Å²) in [5.74, 6) is -2.60. The number of nitrogens with zero attached hydrogens (tertiary/aromatic N) is 2. The zero-order valence-electron chi connectivity index (χ0n) is 8.79. The maximum atomic E-state index is 13.3. The summed E-state index contributed by atoms with van der Waals surface area (Å²) >= 11 is 5.69. The van der Waals surface area contributed by atoms with Gasteiger partial charge in [0.15, 0.2) is 23.1 Å². The van der Waals surface area contributed by atoms with Gasteiger partial charge in [-0.3, -0.25) is 0 Å². The van der Waals surface area contributed by atoms with Crippen LogP contribution in [0, 0.1) is 23.5 Å². The van der Waals surface area contributed by atoms with Gasteiger partial charge in [0.1, 0.15) is 5.69 Å². The SMILES string of the molecule is Fc1c[c]cc(F)c1/N=N/c1c(F)cccc1Cl. The van der Waals surface area contributed by atoms with Gasteiger partial charge in [-0.05, 0) is 30.3 Å². The van der Waals surface area contributed by atoms with Crippen molar-refractivity contribution in [2.24, 2.45) is 10.2 Å². The van der Waals surface area contributed by atoms with Gasteiger partial charge in [-0.2, -0.15) is 0 Å². The molecule has 0 unspecified atom stereocenters. The summed E-state index contributed by atoms with van der Waals surface area (Å²) in [5, 5.41) is 6.75. The van der Waals surface area contributed by atoms with Crippen molar-refractivity contribution in [3.05, 3.63) is 58.9 Å². The molecule has 0 heterocycles. The first kappa shape index (κ1) is 12.6. The number of hydrogen-bond donors (Lipinski definition) is 0. The predicted octanol–water partition coefficient (Wildman–Crippen LogP) is 4.97. The molecule has 0 aromatic heterocycles. The van der Waals surface area contributed by atoms with Crippen LogP contribution in [0.2, 0.25) is 5.02 Å². The van der Waals surface area contributed by atoms with Gasteiger partial charge in [0, 0.05) is 0 Å². The largest absolute Gasteiger partial charge is 0.204 e. The fourth-order valence-corrected chi connectivity index (χ4v) is 1.42. The van der Waals surface area contributed by atoms with Gasteiger partial charge < -0.3 is 0 Å². The van der Waals surface area contributed by atoms with Crippen molar-refractivity contribution < 1.29 is 13.2 Å². The Balaban J connectivity index is 2.43. The third-order valence-corrected chi connectivity index (χ3v) is 2.37. The van der Waals surface area contributed by atoms with Gasteiger partial charge in [0.25, 0.3) is 0 Å². The molecule has 0 saturated carbocycles. The van der Waals surface area contributed by atoms with Crippen molar-refractivity contribution in [3.63, 3.8) is 0 Å². The molecule has 18 heavy (non-hydrogen) atoms. The summed E-state index contributed by atoms with van der Waals surface area (Å²) < 4.78 is 39.7. The van der Waals surface area contributed by atoms with Crippen LogP contribution in [-0.4, -0.2) is 0 Å². The highest BCUT2D eigenvalue weighted by molar-refractivity contribution is 6.32. The minimum atomic E-state index is -0.939. The topological polar surface area (TPSA) is 24.7 Å². The van der Waals surface area contributed by atoms with Crippen LogP contribution in [0.25, 0.3) is 0 Å². The number of azo groups is 1. The average molecular weight is 270 g/mol. The van der Waals surface area contributed by atoms with Gasteiger partial charge in [0.05, 0.1) is 5.02 Å². The van der Waals surface area contributed by atoms with Crippen LogP contribution in [0.4, 0.5) is 24.5 Å². The zero-order chi connectivity index (χ0) is 13.1. The molecule has 0 bridgehead atoms. The molecule has 0 aliphatic carbocycles. The fraction of sp³-hybridized carbons (Fsp3) is 0. The Morgan fingerprint density at radius 2 is 1.50 bits per heavy atom. The summed E-state index contributed by atoms with van der Waals surface area (Å²) in [6, 6.07) is 7.94. The number of benzene rings is 2. The molecule has 0 saturated heterocycles. The van der Waals surface area contributed by atoms with Crippen LogP contribution in [0.1, 0.15) is 0 Å². The van der Waals surface area contributed by atoms with Crippen molar-refractivity contribution in [2.75, 3.05) is 0 Å². The Labute approximate surface area is 106 Å². The molecule has 2 nitrogen and oxygen atoms in total. The molecular weight excluding hydrogens is 265 g/mol. The van der Waals surface area contributed by atoms with Gasteiger partial charge in [-0.15, -0.1) is 10.2 Å². The predicted molar refractivity (Wildman–Crippen MR) is 60.8 cm³/mol. The van der Waals surface area contributed by atoms with Crippen molar-refractivity contribution in [1.82, 2.24) is 0 Å². The van der Waals surface area contributed by atoms with Crippen LogP contribution >= 0.6 is 11.6 Å². The maximum Gasteiger partial charge on any atom is 0.157 e. The summed E-state index contributed by atoms with van der Waals surface area (Å²) in [6.07, 6.45) is 0. The normalized spacial score (nSPS) is 11.1. The molecule has 0 aliphatic rings. The maximum absolute atomic E-state index is 13.3. The second kappa shape index (κ2) is 5.18. The molecule has 2 rings (SSSR count). The smallest absolute Gasteiger partial charge is 0.157 e. The fourth-order valence-electron chi connectivity index (χ4n) is 1.22. The summed E-state index contributed by atoms with van der Waals surface area (Å²) in [6.45, 7) is 0. The summed E-state index contributed by atoms with van der Waals surface area (Å²) in [7, 11) is 0. The van der Waals surface area contributed by atoms with Gasteiger partial charge in [-0.1, -0.05) is 17.7 Å². The van der Waals surface area contributed by atoms with Gasteiger partial charge in [-0.25, -0.2) is 13.2 Å². The highest BCUT2D eigenvalue weighted by Gasteiger charge is 2.09. The van der Waals surface area contributed by atoms with E-state index in [2.05, 4.69) is 16.3 Å². The summed E-state index contributed by atoms with van der Waals surface area (Å²) in [5.41, 5.74) is -0.890. The van der Waals surface area contributed by atoms with E-state index in [9.17, 15) is 13.2 Å². The van der Waals surface area contributed by atoms with E-state index in [1.807, 2.05) is 0 Å². The monoisotopic (exact) mass is 269 g/mol. The molecular formula is C12H5ClF3N2. The van der Waals surface area contributed by atoms with Gasteiger partial charge >= 0.3 is 0 Å². The Kier molecular flexibility index (Phi) is 3.62. The van der Waals surface area contributed by atoms with E-state index in [-0.39, 0.29) is 10.7 Å². The van der Waals surface area contributed by atoms with E-state index in [1.165, 1.54) is 12.1 Å². The number of hydrogen-bond acceptors (Lipinski definition) is 2. The van der Waals surface area contributed by atoms with E-state index in [1.54, 1.807) is 0 Å². The molecule has 91 valence electrons. The van der Waals surface area contributed by atoms with Crippen LogP contribution < -0.4 is 0 Å². The number of rotatable bonds is 2. The first-order valence-corrected chi connectivity index (χ1v) is 5.18. The molecule has 0 fully saturated rings. The minimum absolute atomic E-state index is 0.00191. The lowest BCUT2D eigenvalue weighted by Crippen LogP contribution is -1.81. The van der Waals surface area contributed by atoms with Crippen LogP contribution in [-0.2, 0) is 0 Å². The molecule has 0 amide bonds. The lowest BCUT2D eigenvalue weighted by molar-refractivity contribution is 0.584. The Hall–Kier alpha value is -1.88. The Morgan fingerprint density at radius 3 is 2.11 bits per heavy atom. The highest BCUT2D eigenvalue weighted by atomic mass is 35.5. The highest BCUT2D eigenvalue weighted by Crippen LogP contribution is 2.30. The minimum Gasteiger partial charge on any atom is -0.204 e. The lowest BCUT2D eigenvalue weighted by Gasteiger charge is -1.99. The van der Waals surface area contributed by atoms with E-state index < -0.39 is 23.1 Å². The van der Waals surface area contributed by atoms with Crippen LogP contribution in [0.15, 0.2) is 40.6 Å². The molecule has 1 radical (unpaired) electrons. The molecule has 6 heteroatoms. The standard InChI is InChI=1S/C12H5ClF3N2/c13-7-3-1-4-8(14)11(7)17-18-12-9(15)5-2-6-10(12)16/h1,3-6H/b18-17+. The second-order valence-electron chi connectivity index (χ2n) is 3.27. The molecule has 0 N–H and O–H groups in total. The summed E-state index contributed by atoms with van der Waals surface area (Å²) in [4.78, 5) is 0. The quantitative estimate of drug-likeness (QED) is 0.688. The molecule has 0 spiro atoms. The molecule has 0 aliphatic heterocycles. The third-order valence-electron chi connectivity index (χ3n) is 2.06. The van der Waals surface area contributed by atoms with Gasteiger partial charge in [0.2, 0.25) is 0 Å². The first-order valence-electron chi connectivity index (χ1n) is 4.80. The average Bonchev–Trinajstić information content (AvgIpc) is 2.31. The Bertz CT molecular complexity index is 520. The van der Waals surface area contributed by atoms with Crippen molar-refractivity contribution in [2.45, 2.75) is 0 Å². The number of halogens is 4. The lowest BCUT2D eigenvalue weighted by atomic mass is 10.3. The van der Waals surface area contributed by atoms with Crippen molar-refractivity contribution in [1.29, 1.82) is 0 Å². The van der Waals surface area contributed by atoms with Crippen LogP contribution in [0.3, 0.4) is 0 Å². The van der Waals surface area contributed by atoms with E-state index in [0.717, 1.165) is 18.2 Å². The van der Waals surface area contributed by atoms with Crippen molar-refractivity contribution >= 4 is 23.0 Å². The zero-order valence-corrected chi connectivity index (χ0v) is 9.55. The second-order valence-corrected chi connectivity index (χ2v) is 3.68. The third kappa shape index (κ3) is 2.51. The molecule has 2 aromatic rings. The van der Waals surface area contributed by atoms with Crippen LogP contribution in [0.5, 0.6) is 0 Å². The van der Waals surface area contributed by atoms with E-state index in [0.29, 0.717) is 0 Å². The van der Waals surface area contributed by atoms with Crippen molar-refractivity contribution in [3.8, 4) is 0 Å². The Morgan fingerprint density at radius 1 is 0.889 bits per heavy atom.